The zero-order valence-electron chi connectivity index (χ0n) is 11.1. The Morgan fingerprint density at radius 2 is 2.11 bits per heavy atom. The van der Waals surface area contributed by atoms with Crippen LogP contribution in [0.5, 0.6) is 5.75 Å². The summed E-state index contributed by atoms with van der Waals surface area (Å²) in [5.74, 6) is 1.17. The zero-order chi connectivity index (χ0) is 13.1. The first-order chi connectivity index (χ1) is 9.34. The molecule has 19 heavy (non-hydrogen) atoms. The molecule has 2 heterocycles. The van der Waals surface area contributed by atoms with E-state index in [0.717, 1.165) is 38.1 Å². The molecule has 0 aliphatic carbocycles. The molecule has 1 aromatic carbocycles. The van der Waals surface area contributed by atoms with Gasteiger partial charge in [0.2, 0.25) is 5.91 Å². The third-order valence-corrected chi connectivity index (χ3v) is 3.92. The predicted molar refractivity (Wildman–Crippen MR) is 73.1 cm³/mol. The Hall–Kier alpha value is -1.55. The van der Waals surface area contributed by atoms with E-state index in [9.17, 15) is 4.79 Å². The molecule has 4 heteroatoms. The van der Waals surface area contributed by atoms with Gasteiger partial charge in [-0.2, -0.15) is 0 Å². The van der Waals surface area contributed by atoms with Gasteiger partial charge >= 0.3 is 0 Å². The lowest BCUT2D eigenvalue weighted by Crippen LogP contribution is -2.38. The minimum Gasteiger partial charge on any atom is -0.493 e. The summed E-state index contributed by atoms with van der Waals surface area (Å²) in [5, 5.41) is 3.38. The van der Waals surface area contributed by atoms with Crippen LogP contribution in [0.15, 0.2) is 24.3 Å². The first-order valence-corrected chi connectivity index (χ1v) is 7.07. The molecule has 2 aliphatic heterocycles. The van der Waals surface area contributed by atoms with E-state index in [1.165, 1.54) is 5.56 Å². The van der Waals surface area contributed by atoms with Crippen molar-refractivity contribution < 1.29 is 9.53 Å². The number of likely N-dealkylation sites (tertiary alicyclic amines) is 1. The number of carbonyl (C=O) groups is 1. The SMILES string of the molecule is O=C(CNC1CCOc2ccccc21)N1CCCC1. The van der Waals surface area contributed by atoms with Crippen molar-refractivity contribution in [2.45, 2.75) is 25.3 Å². The quantitative estimate of drug-likeness (QED) is 0.899. The molecule has 3 rings (SSSR count). The van der Waals surface area contributed by atoms with Crippen LogP contribution in [0.1, 0.15) is 30.9 Å². The second-order valence-electron chi connectivity index (χ2n) is 5.20. The molecule has 1 fully saturated rings. The molecule has 0 bridgehead atoms. The maximum Gasteiger partial charge on any atom is 0.236 e. The van der Waals surface area contributed by atoms with Crippen LogP contribution >= 0.6 is 0 Å². The third-order valence-electron chi connectivity index (χ3n) is 3.92. The van der Waals surface area contributed by atoms with E-state index in [1.807, 2.05) is 23.1 Å². The first kappa shape index (κ1) is 12.5. The van der Waals surface area contributed by atoms with Gasteiger partial charge in [0, 0.05) is 31.1 Å². The summed E-state index contributed by atoms with van der Waals surface area (Å²) in [6, 6.07) is 8.30. The average Bonchev–Trinajstić information content (AvgIpc) is 2.99. The van der Waals surface area contributed by atoms with Gasteiger partial charge in [-0.25, -0.2) is 0 Å². The van der Waals surface area contributed by atoms with Crippen molar-refractivity contribution in [1.82, 2.24) is 10.2 Å². The maximum atomic E-state index is 12.0. The number of nitrogens with one attached hydrogen (secondary N) is 1. The van der Waals surface area contributed by atoms with Crippen LogP contribution in [-0.2, 0) is 4.79 Å². The lowest BCUT2D eigenvalue weighted by Gasteiger charge is -2.27. The summed E-state index contributed by atoms with van der Waals surface area (Å²) in [5.41, 5.74) is 1.17. The molecule has 0 aromatic heterocycles. The zero-order valence-corrected chi connectivity index (χ0v) is 11.1. The number of para-hydroxylation sites is 1. The fraction of sp³-hybridized carbons (Fsp3) is 0.533. The summed E-state index contributed by atoms with van der Waals surface area (Å²) in [6.07, 6.45) is 3.21. The molecule has 1 aromatic rings. The summed E-state index contributed by atoms with van der Waals surface area (Å²) in [4.78, 5) is 14.0. The maximum absolute atomic E-state index is 12.0. The van der Waals surface area contributed by atoms with Crippen molar-refractivity contribution in [3.05, 3.63) is 29.8 Å². The highest BCUT2D eigenvalue weighted by Crippen LogP contribution is 2.31. The van der Waals surface area contributed by atoms with E-state index < -0.39 is 0 Å². The Kier molecular flexibility index (Phi) is 3.69. The van der Waals surface area contributed by atoms with E-state index in [0.29, 0.717) is 13.2 Å². The minimum absolute atomic E-state index is 0.224. The second-order valence-corrected chi connectivity index (χ2v) is 5.20. The highest BCUT2D eigenvalue weighted by Gasteiger charge is 2.23. The predicted octanol–water partition coefficient (Wildman–Crippen LogP) is 1.72. The van der Waals surface area contributed by atoms with Gasteiger partial charge in [0.25, 0.3) is 0 Å². The van der Waals surface area contributed by atoms with Gasteiger partial charge in [0.15, 0.2) is 0 Å². The van der Waals surface area contributed by atoms with Gasteiger partial charge in [-0.3, -0.25) is 4.79 Å². The fourth-order valence-corrected chi connectivity index (χ4v) is 2.84. The first-order valence-electron chi connectivity index (χ1n) is 7.07. The molecule has 4 nitrogen and oxygen atoms in total. The normalized spacial score (nSPS) is 21.9. The lowest BCUT2D eigenvalue weighted by atomic mass is 10.0. The van der Waals surface area contributed by atoms with Gasteiger partial charge in [-0.1, -0.05) is 18.2 Å². The van der Waals surface area contributed by atoms with Crippen molar-refractivity contribution >= 4 is 5.91 Å². The Labute approximate surface area is 113 Å². The van der Waals surface area contributed by atoms with Crippen LogP contribution in [0.25, 0.3) is 0 Å². The minimum atomic E-state index is 0.224. The monoisotopic (exact) mass is 260 g/mol. The van der Waals surface area contributed by atoms with Crippen molar-refractivity contribution in [2.75, 3.05) is 26.2 Å². The van der Waals surface area contributed by atoms with E-state index >= 15 is 0 Å². The Morgan fingerprint density at radius 3 is 2.95 bits per heavy atom. The van der Waals surface area contributed by atoms with Gasteiger partial charge < -0.3 is 15.0 Å². The molecule has 1 atom stereocenters. The Bertz CT molecular complexity index is 455. The highest BCUT2D eigenvalue weighted by molar-refractivity contribution is 5.78. The molecule has 1 amide bonds. The number of ether oxygens (including phenoxy) is 1. The summed E-state index contributed by atoms with van der Waals surface area (Å²) in [6.45, 7) is 2.99. The largest absolute Gasteiger partial charge is 0.493 e. The van der Waals surface area contributed by atoms with Crippen LogP contribution < -0.4 is 10.1 Å². The number of rotatable bonds is 3. The van der Waals surface area contributed by atoms with E-state index in [2.05, 4.69) is 11.4 Å². The number of amides is 1. The molecule has 1 unspecified atom stereocenters. The molecule has 1 N–H and O–H groups in total. The second kappa shape index (κ2) is 5.61. The standard InChI is InChI=1S/C15H20N2O2/c18-15(17-8-3-4-9-17)11-16-13-7-10-19-14-6-2-1-5-12(13)14/h1-2,5-6,13,16H,3-4,7-11H2. The number of hydrogen-bond donors (Lipinski definition) is 1. The van der Waals surface area contributed by atoms with Gasteiger partial charge in [0.1, 0.15) is 5.75 Å². The number of benzene rings is 1. The van der Waals surface area contributed by atoms with Crippen molar-refractivity contribution in [3.63, 3.8) is 0 Å². The van der Waals surface area contributed by atoms with Crippen LogP contribution in [0.3, 0.4) is 0 Å². The van der Waals surface area contributed by atoms with E-state index in [1.54, 1.807) is 0 Å². The Balaban J connectivity index is 1.60. The highest BCUT2D eigenvalue weighted by atomic mass is 16.5. The molecule has 2 aliphatic rings. The van der Waals surface area contributed by atoms with E-state index in [4.69, 9.17) is 4.74 Å². The molecule has 0 saturated carbocycles. The molecule has 0 spiro atoms. The van der Waals surface area contributed by atoms with Crippen LogP contribution in [0, 0.1) is 0 Å². The fourth-order valence-electron chi connectivity index (χ4n) is 2.84. The van der Waals surface area contributed by atoms with Gasteiger partial charge in [-0.05, 0) is 18.9 Å². The average molecular weight is 260 g/mol. The summed E-state index contributed by atoms with van der Waals surface area (Å²) in [7, 11) is 0. The Morgan fingerprint density at radius 1 is 1.32 bits per heavy atom. The number of carbonyl (C=O) groups excluding carboxylic acids is 1. The summed E-state index contributed by atoms with van der Waals surface area (Å²) < 4.78 is 5.62. The summed E-state index contributed by atoms with van der Waals surface area (Å²) >= 11 is 0. The molecule has 1 saturated heterocycles. The topological polar surface area (TPSA) is 41.6 Å². The van der Waals surface area contributed by atoms with Crippen molar-refractivity contribution in [2.24, 2.45) is 0 Å². The van der Waals surface area contributed by atoms with E-state index in [-0.39, 0.29) is 11.9 Å². The lowest BCUT2D eigenvalue weighted by molar-refractivity contribution is -0.129. The van der Waals surface area contributed by atoms with Crippen LogP contribution in [-0.4, -0.2) is 37.0 Å². The third kappa shape index (κ3) is 2.73. The number of hydrogen-bond acceptors (Lipinski definition) is 3. The number of fused-ring (bicyclic) bond motifs is 1. The van der Waals surface area contributed by atoms with Gasteiger partial charge in [0.05, 0.1) is 13.2 Å². The van der Waals surface area contributed by atoms with Gasteiger partial charge in [-0.15, -0.1) is 0 Å². The molecule has 0 radical (unpaired) electrons. The van der Waals surface area contributed by atoms with Crippen LogP contribution in [0.4, 0.5) is 0 Å². The van der Waals surface area contributed by atoms with Crippen molar-refractivity contribution in [1.29, 1.82) is 0 Å². The molecule has 102 valence electrons. The van der Waals surface area contributed by atoms with Crippen molar-refractivity contribution in [3.8, 4) is 5.75 Å². The van der Waals surface area contributed by atoms with Crippen LogP contribution in [0.2, 0.25) is 0 Å². The molecular formula is C15H20N2O2. The number of nitrogens with zero attached hydrogens (tertiary/aromatic N) is 1. The smallest absolute Gasteiger partial charge is 0.236 e. The molecular weight excluding hydrogens is 240 g/mol.